The standard InChI is InChI=1S/C46H49N4O.Pt/c1-28(2)29-18-19-48-39(23-29)31-20-30(21-32(22-31)44(3,4)5)37-14-13-15-40-42(37)49-43(38-27-35(47-12)16-17-41(38)51)50(40)36-25-33(45(6,7)8)24-34(26-36)46(9,10)11;/h13-19,21-28,51H,1-11H3;/q-1;. The summed E-state index contributed by atoms with van der Waals surface area (Å²) in [5.74, 6) is 1.02. The van der Waals surface area contributed by atoms with Gasteiger partial charge in [-0.3, -0.25) is 9.55 Å². The van der Waals surface area contributed by atoms with Gasteiger partial charge in [0, 0.05) is 44.2 Å². The summed E-state index contributed by atoms with van der Waals surface area (Å²) >= 11 is 0. The Bertz CT molecular complexity index is 2290. The predicted octanol–water partition coefficient (Wildman–Crippen LogP) is 12.5. The quantitative estimate of drug-likeness (QED) is 0.176. The van der Waals surface area contributed by atoms with Crippen LogP contribution < -0.4 is 0 Å². The Morgan fingerprint density at radius 1 is 0.731 bits per heavy atom. The maximum Gasteiger partial charge on any atom is 0.188 e. The molecule has 0 bridgehead atoms. The molecule has 0 saturated heterocycles. The molecule has 0 spiro atoms. The van der Waals surface area contributed by atoms with Crippen molar-refractivity contribution < 1.29 is 26.2 Å². The Balaban J connectivity index is 0.00000523. The molecular formula is C46H49N4OPt-. The molecule has 6 heteroatoms. The maximum absolute atomic E-state index is 11.3. The number of para-hydroxylation sites is 1. The SMILES string of the molecule is [C-]#[N+]c1ccc(O)c(-c2nc3c(-c4[c-]c(-c5cc(C(C)C)ccn5)cc(C(C)(C)C)c4)cccc3n2-c2cc(C(C)(C)C)cc(C(C)(C)C)c2)c1.[Pt]. The minimum atomic E-state index is -0.130. The van der Waals surface area contributed by atoms with Gasteiger partial charge in [0.25, 0.3) is 0 Å². The minimum absolute atomic E-state index is 0. The van der Waals surface area contributed by atoms with Crippen molar-refractivity contribution in [3.8, 4) is 45.2 Å². The Hall–Kier alpha value is -4.52. The van der Waals surface area contributed by atoms with E-state index in [0.717, 1.165) is 39.1 Å². The van der Waals surface area contributed by atoms with Crippen molar-refractivity contribution in [1.82, 2.24) is 14.5 Å². The molecule has 5 nitrogen and oxygen atoms in total. The second kappa shape index (κ2) is 14.1. The van der Waals surface area contributed by atoms with E-state index in [1.807, 2.05) is 6.20 Å². The predicted molar refractivity (Wildman–Crippen MR) is 212 cm³/mol. The normalized spacial score (nSPS) is 12.2. The molecule has 0 radical (unpaired) electrons. The Kier molecular flexibility index (Phi) is 10.5. The van der Waals surface area contributed by atoms with Crippen LogP contribution >= 0.6 is 0 Å². The smallest absolute Gasteiger partial charge is 0.188 e. The maximum atomic E-state index is 11.3. The van der Waals surface area contributed by atoms with Crippen LogP contribution in [0.3, 0.4) is 0 Å². The van der Waals surface area contributed by atoms with Crippen molar-refractivity contribution in [3.63, 3.8) is 0 Å². The number of aromatic hydroxyl groups is 1. The van der Waals surface area contributed by atoms with Crippen molar-refractivity contribution in [2.45, 2.75) is 98.3 Å². The average Bonchev–Trinajstić information content (AvgIpc) is 3.46. The van der Waals surface area contributed by atoms with Gasteiger partial charge in [-0.15, -0.1) is 29.3 Å². The second-order valence-electron chi connectivity index (χ2n) is 17.1. The summed E-state index contributed by atoms with van der Waals surface area (Å²) < 4.78 is 2.15. The van der Waals surface area contributed by atoms with E-state index in [4.69, 9.17) is 16.5 Å². The van der Waals surface area contributed by atoms with E-state index in [9.17, 15) is 5.11 Å². The molecule has 0 fully saturated rings. The van der Waals surface area contributed by atoms with Crippen LogP contribution in [-0.2, 0) is 37.3 Å². The van der Waals surface area contributed by atoms with Gasteiger partial charge in [0.15, 0.2) is 5.69 Å². The molecule has 0 amide bonds. The van der Waals surface area contributed by atoms with E-state index in [1.54, 1.807) is 18.2 Å². The molecule has 1 N–H and O–H groups in total. The number of phenolic OH excluding ortho intramolecular Hbond substituents is 1. The summed E-state index contributed by atoms with van der Waals surface area (Å²) in [4.78, 5) is 13.8. The van der Waals surface area contributed by atoms with Crippen molar-refractivity contribution in [1.29, 1.82) is 0 Å². The van der Waals surface area contributed by atoms with E-state index >= 15 is 0 Å². The number of hydrogen-bond acceptors (Lipinski definition) is 3. The summed E-state index contributed by atoms with van der Waals surface area (Å²) in [6.07, 6.45) is 1.89. The van der Waals surface area contributed by atoms with Gasteiger partial charge in [-0.25, -0.2) is 9.83 Å². The minimum Gasteiger partial charge on any atom is -0.507 e. The molecular weight excluding hydrogens is 820 g/mol. The second-order valence-corrected chi connectivity index (χ2v) is 17.1. The van der Waals surface area contributed by atoms with Crippen LogP contribution in [0.15, 0.2) is 85.1 Å². The summed E-state index contributed by atoms with van der Waals surface area (Å²) in [5.41, 5.74) is 11.8. The Morgan fingerprint density at radius 3 is 1.94 bits per heavy atom. The third-order valence-corrected chi connectivity index (χ3v) is 9.70. The van der Waals surface area contributed by atoms with Crippen molar-refractivity contribution in [3.05, 3.63) is 125 Å². The van der Waals surface area contributed by atoms with Crippen LogP contribution in [0.4, 0.5) is 5.69 Å². The molecule has 0 atom stereocenters. The summed E-state index contributed by atoms with van der Waals surface area (Å²) in [6, 6.07) is 30.4. The molecule has 4 aromatic carbocycles. The van der Waals surface area contributed by atoms with Gasteiger partial charge in [-0.2, -0.15) is 0 Å². The monoisotopic (exact) mass is 868 g/mol. The third kappa shape index (κ3) is 7.65. The number of imidazole rings is 1. The molecule has 0 aliphatic carbocycles. The molecule has 2 aromatic heterocycles. The van der Waals surface area contributed by atoms with Crippen LogP contribution in [0.5, 0.6) is 5.75 Å². The third-order valence-electron chi connectivity index (χ3n) is 9.70. The van der Waals surface area contributed by atoms with Gasteiger partial charge < -0.3 is 5.11 Å². The van der Waals surface area contributed by atoms with Gasteiger partial charge in [0.2, 0.25) is 0 Å². The van der Waals surface area contributed by atoms with E-state index in [-0.39, 0.29) is 43.1 Å². The van der Waals surface area contributed by atoms with Crippen LogP contribution in [-0.4, -0.2) is 19.6 Å². The van der Waals surface area contributed by atoms with Crippen molar-refractivity contribution >= 4 is 16.7 Å². The fourth-order valence-corrected chi connectivity index (χ4v) is 6.38. The van der Waals surface area contributed by atoms with Gasteiger partial charge in [-0.1, -0.05) is 118 Å². The van der Waals surface area contributed by atoms with E-state index in [0.29, 0.717) is 23.0 Å². The molecule has 0 aliphatic rings. The number of aromatic nitrogens is 3. The van der Waals surface area contributed by atoms with E-state index in [1.165, 1.54) is 22.3 Å². The summed E-state index contributed by atoms with van der Waals surface area (Å²) in [5, 5.41) is 11.3. The van der Waals surface area contributed by atoms with Crippen molar-refractivity contribution in [2.75, 3.05) is 0 Å². The fourth-order valence-electron chi connectivity index (χ4n) is 6.38. The fraction of sp³-hybridized carbons (Fsp3) is 0.326. The number of hydrogen-bond donors (Lipinski definition) is 1. The number of fused-ring (bicyclic) bond motifs is 1. The molecule has 6 aromatic rings. The number of phenols is 1. The first-order chi connectivity index (χ1) is 23.8. The Morgan fingerprint density at radius 2 is 1.35 bits per heavy atom. The summed E-state index contributed by atoms with van der Waals surface area (Å²) in [7, 11) is 0. The van der Waals surface area contributed by atoms with Gasteiger partial charge in [0.05, 0.1) is 17.6 Å². The summed E-state index contributed by atoms with van der Waals surface area (Å²) in [6.45, 7) is 32.2. The number of benzene rings is 4. The first-order valence-corrected chi connectivity index (χ1v) is 17.8. The zero-order chi connectivity index (χ0) is 37.0. The molecule has 0 saturated carbocycles. The number of rotatable bonds is 5. The largest absolute Gasteiger partial charge is 0.507 e. The molecule has 2 heterocycles. The molecule has 0 aliphatic heterocycles. The first-order valence-electron chi connectivity index (χ1n) is 17.8. The van der Waals surface area contributed by atoms with Gasteiger partial charge in [-0.05, 0) is 75.3 Å². The van der Waals surface area contributed by atoms with Crippen LogP contribution in [0.1, 0.15) is 104 Å². The van der Waals surface area contributed by atoms with Gasteiger partial charge >= 0.3 is 0 Å². The molecule has 270 valence electrons. The first kappa shape index (κ1) is 38.7. The van der Waals surface area contributed by atoms with Crippen LogP contribution in [0.25, 0.3) is 55.3 Å². The average molecular weight is 869 g/mol. The van der Waals surface area contributed by atoms with E-state index in [2.05, 4.69) is 152 Å². The molecule has 52 heavy (non-hydrogen) atoms. The van der Waals surface area contributed by atoms with Crippen LogP contribution in [0, 0.1) is 12.6 Å². The molecule has 6 rings (SSSR count). The molecule has 0 unspecified atom stereocenters. The topological polar surface area (TPSA) is 55.3 Å². The number of pyridine rings is 1. The van der Waals surface area contributed by atoms with E-state index < -0.39 is 0 Å². The van der Waals surface area contributed by atoms with Gasteiger partial charge in [0.1, 0.15) is 11.6 Å². The van der Waals surface area contributed by atoms with Crippen LogP contribution in [0.2, 0.25) is 0 Å². The zero-order valence-corrected chi connectivity index (χ0v) is 34.5. The zero-order valence-electron chi connectivity index (χ0n) is 32.2. The number of nitrogens with zero attached hydrogens (tertiary/aromatic N) is 4. The Labute approximate surface area is 324 Å². The van der Waals surface area contributed by atoms with Crippen molar-refractivity contribution in [2.24, 2.45) is 0 Å².